The van der Waals surface area contributed by atoms with E-state index in [4.69, 9.17) is 4.74 Å². The number of hydrogen-bond donors (Lipinski definition) is 2. The van der Waals surface area contributed by atoms with Crippen molar-refractivity contribution in [1.82, 2.24) is 0 Å². The van der Waals surface area contributed by atoms with Crippen LogP contribution in [0, 0.1) is 0 Å². The van der Waals surface area contributed by atoms with Gasteiger partial charge in [-0.1, -0.05) is 103 Å². The van der Waals surface area contributed by atoms with Crippen LogP contribution in [0.15, 0.2) is 115 Å². The molecule has 0 unspecified atom stereocenters. The van der Waals surface area contributed by atoms with Crippen molar-refractivity contribution in [3.8, 4) is 34.1 Å². The van der Waals surface area contributed by atoms with E-state index in [0.717, 1.165) is 60.9 Å². The summed E-state index contributed by atoms with van der Waals surface area (Å²) in [4.78, 5) is 0. The lowest BCUT2D eigenvalue weighted by Crippen LogP contribution is -2.12. The van der Waals surface area contributed by atoms with E-state index in [2.05, 4.69) is 36.4 Å². The van der Waals surface area contributed by atoms with Gasteiger partial charge < -0.3 is 14.9 Å². The fourth-order valence-corrected chi connectivity index (χ4v) is 5.49. The third-order valence-corrected chi connectivity index (χ3v) is 7.18. The monoisotopic (exact) mass is 466 g/mol. The van der Waals surface area contributed by atoms with Crippen LogP contribution in [0.2, 0.25) is 0 Å². The zero-order chi connectivity index (χ0) is 24.2. The largest absolute Gasteiger partial charge is 0.507 e. The van der Waals surface area contributed by atoms with Crippen LogP contribution in [0.1, 0.15) is 22.6 Å². The van der Waals surface area contributed by atoms with E-state index in [9.17, 15) is 10.2 Å². The topological polar surface area (TPSA) is 49.7 Å². The van der Waals surface area contributed by atoms with Crippen molar-refractivity contribution in [3.63, 3.8) is 0 Å². The molecule has 0 saturated carbocycles. The SMILES string of the molecule is Oc1cc2c(c3ccccc13)Oc1c(cc(O)c3ccccc13)C2c1ccc(-c2ccccc2)cc1. The molecule has 7 rings (SSSR count). The summed E-state index contributed by atoms with van der Waals surface area (Å²) in [7, 11) is 0. The Morgan fingerprint density at radius 2 is 0.917 bits per heavy atom. The molecular weight excluding hydrogens is 444 g/mol. The molecule has 0 fully saturated rings. The van der Waals surface area contributed by atoms with Gasteiger partial charge in [0, 0.05) is 38.6 Å². The number of benzene rings is 6. The fraction of sp³-hybridized carbons (Fsp3) is 0.0303. The first kappa shape index (κ1) is 20.6. The van der Waals surface area contributed by atoms with E-state index in [1.807, 2.05) is 78.9 Å². The Balaban J connectivity index is 1.51. The second kappa shape index (κ2) is 7.89. The first-order valence-electron chi connectivity index (χ1n) is 12.0. The summed E-state index contributed by atoms with van der Waals surface area (Å²) in [6.45, 7) is 0. The summed E-state index contributed by atoms with van der Waals surface area (Å²) in [5.41, 5.74) is 5.10. The maximum Gasteiger partial charge on any atom is 0.139 e. The number of ether oxygens (including phenoxy) is 1. The van der Waals surface area contributed by atoms with Crippen LogP contribution >= 0.6 is 0 Å². The summed E-state index contributed by atoms with van der Waals surface area (Å²) in [5, 5.41) is 25.1. The molecule has 3 heteroatoms. The van der Waals surface area contributed by atoms with Crippen molar-refractivity contribution in [3.05, 3.63) is 132 Å². The normalized spacial score (nSPS) is 12.8. The molecule has 2 N–H and O–H groups in total. The Kier molecular flexibility index (Phi) is 4.52. The number of phenols is 2. The second-order valence-corrected chi connectivity index (χ2v) is 9.24. The number of hydrogen-bond acceptors (Lipinski definition) is 3. The molecule has 172 valence electrons. The molecule has 6 aromatic carbocycles. The predicted octanol–water partition coefficient (Wildman–Crippen LogP) is 8.36. The van der Waals surface area contributed by atoms with Gasteiger partial charge in [-0.15, -0.1) is 0 Å². The average molecular weight is 467 g/mol. The summed E-state index contributed by atoms with van der Waals surface area (Å²) in [6.07, 6.45) is 0. The van der Waals surface area contributed by atoms with Crippen molar-refractivity contribution in [2.24, 2.45) is 0 Å². The molecule has 0 aliphatic carbocycles. The molecule has 1 aliphatic heterocycles. The van der Waals surface area contributed by atoms with Crippen LogP contribution in [0.4, 0.5) is 0 Å². The molecule has 1 aliphatic rings. The molecule has 3 nitrogen and oxygen atoms in total. The zero-order valence-corrected chi connectivity index (χ0v) is 19.3. The lowest BCUT2D eigenvalue weighted by atomic mass is 9.80. The third-order valence-electron chi connectivity index (χ3n) is 7.18. The molecule has 6 aromatic rings. The van der Waals surface area contributed by atoms with Gasteiger partial charge in [0.25, 0.3) is 0 Å². The van der Waals surface area contributed by atoms with Crippen molar-refractivity contribution in [2.45, 2.75) is 5.92 Å². The van der Waals surface area contributed by atoms with Gasteiger partial charge in [0.2, 0.25) is 0 Å². The molecule has 0 aromatic heterocycles. The molecule has 0 bridgehead atoms. The van der Waals surface area contributed by atoms with E-state index >= 15 is 0 Å². The van der Waals surface area contributed by atoms with Crippen molar-refractivity contribution >= 4 is 21.5 Å². The Bertz CT molecular complexity index is 1680. The number of fused-ring (bicyclic) bond motifs is 6. The molecule has 0 atom stereocenters. The minimum atomic E-state index is -0.223. The van der Waals surface area contributed by atoms with Crippen LogP contribution < -0.4 is 4.74 Å². The van der Waals surface area contributed by atoms with Gasteiger partial charge in [0.1, 0.15) is 23.0 Å². The van der Waals surface area contributed by atoms with Crippen molar-refractivity contribution in [2.75, 3.05) is 0 Å². The Hall–Kier alpha value is -4.76. The molecule has 0 radical (unpaired) electrons. The first-order valence-corrected chi connectivity index (χ1v) is 12.0. The van der Waals surface area contributed by atoms with E-state index in [-0.39, 0.29) is 17.4 Å². The summed E-state index contributed by atoms with van der Waals surface area (Å²) in [5.74, 6) is 1.69. The van der Waals surface area contributed by atoms with Gasteiger partial charge in [-0.2, -0.15) is 0 Å². The molecule has 0 saturated heterocycles. The quantitative estimate of drug-likeness (QED) is 0.269. The third kappa shape index (κ3) is 3.06. The van der Waals surface area contributed by atoms with E-state index in [0.29, 0.717) is 0 Å². The lowest BCUT2D eigenvalue weighted by molar-refractivity contribution is 0.450. The van der Waals surface area contributed by atoms with Gasteiger partial charge in [-0.3, -0.25) is 0 Å². The summed E-state index contributed by atoms with van der Waals surface area (Å²) >= 11 is 0. The van der Waals surface area contributed by atoms with E-state index in [1.54, 1.807) is 0 Å². The van der Waals surface area contributed by atoms with Crippen LogP contribution in [0.3, 0.4) is 0 Å². The highest BCUT2D eigenvalue weighted by atomic mass is 16.5. The van der Waals surface area contributed by atoms with Crippen LogP contribution in [-0.2, 0) is 0 Å². The van der Waals surface area contributed by atoms with E-state index < -0.39 is 0 Å². The van der Waals surface area contributed by atoms with Crippen molar-refractivity contribution < 1.29 is 14.9 Å². The van der Waals surface area contributed by atoms with Gasteiger partial charge in [-0.25, -0.2) is 0 Å². The van der Waals surface area contributed by atoms with Gasteiger partial charge in [0.15, 0.2) is 0 Å². The molecule has 1 heterocycles. The minimum Gasteiger partial charge on any atom is -0.507 e. The highest BCUT2D eigenvalue weighted by molar-refractivity contribution is 5.99. The second-order valence-electron chi connectivity index (χ2n) is 9.24. The standard InChI is InChI=1S/C33H22O3/c34-29-18-27-31(22-16-14-21(15-17-22)20-8-2-1-3-9-20)28-19-30(35)24-11-5-7-13-26(24)33(28)36-32(27)25-12-6-4-10-23(25)29/h1-19,31,34-35H. The smallest absolute Gasteiger partial charge is 0.139 e. The fourth-order valence-electron chi connectivity index (χ4n) is 5.49. The van der Waals surface area contributed by atoms with Crippen LogP contribution in [0.25, 0.3) is 32.7 Å². The van der Waals surface area contributed by atoms with Gasteiger partial charge in [0.05, 0.1) is 0 Å². The Morgan fingerprint density at radius 1 is 0.472 bits per heavy atom. The van der Waals surface area contributed by atoms with E-state index in [1.165, 1.54) is 0 Å². The van der Waals surface area contributed by atoms with Crippen LogP contribution in [0.5, 0.6) is 23.0 Å². The molecule has 36 heavy (non-hydrogen) atoms. The zero-order valence-electron chi connectivity index (χ0n) is 19.3. The number of phenolic OH excluding ortho intramolecular Hbond substituents is 2. The Labute approximate surface area is 208 Å². The van der Waals surface area contributed by atoms with Crippen LogP contribution in [-0.4, -0.2) is 10.2 Å². The highest BCUT2D eigenvalue weighted by Gasteiger charge is 2.33. The number of aromatic hydroxyl groups is 2. The van der Waals surface area contributed by atoms with Crippen molar-refractivity contribution in [1.29, 1.82) is 0 Å². The summed E-state index contributed by atoms with van der Waals surface area (Å²) in [6, 6.07) is 37.9. The maximum atomic E-state index is 11.0. The molecule has 0 spiro atoms. The number of rotatable bonds is 2. The van der Waals surface area contributed by atoms with Gasteiger partial charge in [-0.05, 0) is 28.8 Å². The average Bonchev–Trinajstić information content (AvgIpc) is 2.93. The highest BCUT2D eigenvalue weighted by Crippen LogP contribution is 2.54. The summed E-state index contributed by atoms with van der Waals surface area (Å²) < 4.78 is 6.64. The lowest BCUT2D eigenvalue weighted by Gasteiger charge is -2.31. The predicted molar refractivity (Wildman–Crippen MR) is 144 cm³/mol. The first-order chi connectivity index (χ1) is 17.7. The molecule has 0 amide bonds. The minimum absolute atomic E-state index is 0.215. The Morgan fingerprint density at radius 3 is 1.44 bits per heavy atom. The molecular formula is C33H22O3. The van der Waals surface area contributed by atoms with Gasteiger partial charge >= 0.3 is 0 Å². The maximum absolute atomic E-state index is 11.0.